The standard InChI is InChI=1S/C30H26FN7O/c1-30(2,3)14-25(39)33-20-13-18(15-32-16-20)22-11-12-24-27(34-22)28(38-37-24)29-35-23-6-4-5-21(26(23)36-29)17-7-9-19(31)10-8-17/h4-13,15-16H,14H2,1-3H3,(H,33,39)(H,35,36)(H,37,38). The van der Waals surface area contributed by atoms with Gasteiger partial charge in [0.1, 0.15) is 11.3 Å². The Balaban J connectivity index is 1.36. The zero-order valence-corrected chi connectivity index (χ0v) is 21.7. The first-order valence-corrected chi connectivity index (χ1v) is 12.6. The van der Waals surface area contributed by atoms with E-state index in [0.717, 1.165) is 33.2 Å². The summed E-state index contributed by atoms with van der Waals surface area (Å²) in [6.07, 6.45) is 3.74. The Hall–Kier alpha value is -4.92. The summed E-state index contributed by atoms with van der Waals surface area (Å²) < 4.78 is 13.5. The highest BCUT2D eigenvalue weighted by atomic mass is 19.1. The molecule has 6 aromatic rings. The van der Waals surface area contributed by atoms with Crippen molar-refractivity contribution in [3.8, 4) is 33.9 Å². The fraction of sp³-hybridized carbons (Fsp3) is 0.167. The van der Waals surface area contributed by atoms with Crippen LogP contribution in [0.15, 0.2) is 73.1 Å². The summed E-state index contributed by atoms with van der Waals surface area (Å²) in [6, 6.07) is 17.8. The first-order valence-electron chi connectivity index (χ1n) is 12.6. The van der Waals surface area contributed by atoms with Crippen LogP contribution in [0, 0.1) is 11.2 Å². The number of aromatic nitrogens is 6. The third kappa shape index (κ3) is 4.98. The van der Waals surface area contributed by atoms with Gasteiger partial charge in [0.25, 0.3) is 0 Å². The number of imidazole rings is 1. The molecule has 4 aromatic heterocycles. The molecule has 0 saturated heterocycles. The second-order valence-corrected chi connectivity index (χ2v) is 10.7. The van der Waals surface area contributed by atoms with E-state index in [1.807, 2.05) is 57.2 Å². The molecule has 9 heteroatoms. The number of amides is 1. The third-order valence-corrected chi connectivity index (χ3v) is 6.31. The summed E-state index contributed by atoms with van der Waals surface area (Å²) in [5, 5.41) is 10.5. The topological polar surface area (TPSA) is 112 Å². The molecule has 194 valence electrons. The van der Waals surface area contributed by atoms with Gasteiger partial charge in [-0.25, -0.2) is 14.4 Å². The molecule has 39 heavy (non-hydrogen) atoms. The summed E-state index contributed by atoms with van der Waals surface area (Å²) in [5.74, 6) is 0.218. The number of carbonyl (C=O) groups is 1. The molecule has 0 spiro atoms. The molecule has 6 rings (SSSR count). The van der Waals surface area contributed by atoms with Crippen molar-refractivity contribution in [2.45, 2.75) is 27.2 Å². The van der Waals surface area contributed by atoms with E-state index in [2.05, 4.69) is 25.5 Å². The van der Waals surface area contributed by atoms with E-state index in [1.54, 1.807) is 24.5 Å². The Morgan fingerprint density at radius 1 is 0.923 bits per heavy atom. The van der Waals surface area contributed by atoms with Crippen LogP contribution in [0.1, 0.15) is 27.2 Å². The van der Waals surface area contributed by atoms with Crippen molar-refractivity contribution in [1.29, 1.82) is 0 Å². The quantitative estimate of drug-likeness (QED) is 0.233. The third-order valence-electron chi connectivity index (χ3n) is 6.31. The Kier molecular flexibility index (Phi) is 5.91. The van der Waals surface area contributed by atoms with E-state index in [9.17, 15) is 9.18 Å². The molecule has 3 N–H and O–H groups in total. The lowest BCUT2D eigenvalue weighted by Crippen LogP contribution is -2.19. The maximum Gasteiger partial charge on any atom is 0.224 e. The van der Waals surface area contributed by atoms with Crippen LogP contribution in [-0.2, 0) is 4.79 Å². The number of halogens is 1. The number of anilines is 1. The largest absolute Gasteiger partial charge is 0.336 e. The Bertz CT molecular complexity index is 1830. The van der Waals surface area contributed by atoms with E-state index >= 15 is 0 Å². The molecule has 0 aliphatic carbocycles. The van der Waals surface area contributed by atoms with Gasteiger partial charge in [0, 0.05) is 23.7 Å². The van der Waals surface area contributed by atoms with Crippen molar-refractivity contribution >= 4 is 33.7 Å². The Morgan fingerprint density at radius 2 is 1.74 bits per heavy atom. The van der Waals surface area contributed by atoms with Gasteiger partial charge in [-0.05, 0) is 47.4 Å². The van der Waals surface area contributed by atoms with E-state index in [1.165, 1.54) is 12.1 Å². The van der Waals surface area contributed by atoms with Gasteiger partial charge in [-0.2, -0.15) is 5.10 Å². The summed E-state index contributed by atoms with van der Waals surface area (Å²) in [7, 11) is 0. The minimum Gasteiger partial charge on any atom is -0.336 e. The van der Waals surface area contributed by atoms with E-state index in [0.29, 0.717) is 34.8 Å². The number of benzene rings is 2. The van der Waals surface area contributed by atoms with Crippen molar-refractivity contribution in [1.82, 2.24) is 30.1 Å². The monoisotopic (exact) mass is 519 g/mol. The normalized spacial score (nSPS) is 11.8. The van der Waals surface area contributed by atoms with Gasteiger partial charge < -0.3 is 10.3 Å². The average Bonchev–Trinajstić information content (AvgIpc) is 3.52. The SMILES string of the molecule is CC(C)(C)CC(=O)Nc1cncc(-c2ccc3[nH]nc(-c4nc5c(-c6ccc(F)cc6)cccc5[nH]4)c3n2)c1. The summed E-state index contributed by atoms with van der Waals surface area (Å²) >= 11 is 0. The second kappa shape index (κ2) is 9.43. The predicted molar refractivity (Wildman–Crippen MR) is 150 cm³/mol. The number of H-pyrrole nitrogens is 2. The fourth-order valence-electron chi connectivity index (χ4n) is 4.57. The number of hydrogen-bond acceptors (Lipinski definition) is 5. The molecule has 1 amide bonds. The molecule has 0 fully saturated rings. The van der Waals surface area contributed by atoms with Gasteiger partial charge in [0.05, 0.1) is 34.1 Å². The molecule has 0 radical (unpaired) electrons. The average molecular weight is 520 g/mol. The van der Waals surface area contributed by atoms with Crippen LogP contribution in [0.2, 0.25) is 0 Å². The first-order chi connectivity index (χ1) is 18.7. The number of nitrogens with one attached hydrogen (secondary N) is 3. The molecule has 0 aliphatic heterocycles. The van der Waals surface area contributed by atoms with Crippen molar-refractivity contribution in [2.75, 3.05) is 5.32 Å². The van der Waals surface area contributed by atoms with Crippen LogP contribution in [-0.4, -0.2) is 36.0 Å². The van der Waals surface area contributed by atoms with Gasteiger partial charge in [0.15, 0.2) is 11.5 Å². The maximum absolute atomic E-state index is 13.5. The summed E-state index contributed by atoms with van der Waals surface area (Å²) in [6.45, 7) is 6.07. The van der Waals surface area contributed by atoms with Crippen LogP contribution in [0.25, 0.3) is 56.0 Å². The number of rotatable bonds is 5. The van der Waals surface area contributed by atoms with Crippen LogP contribution >= 0.6 is 0 Å². The lowest BCUT2D eigenvalue weighted by Gasteiger charge is -2.17. The number of pyridine rings is 2. The maximum atomic E-state index is 13.5. The van der Waals surface area contributed by atoms with Crippen LogP contribution in [0.4, 0.5) is 10.1 Å². The van der Waals surface area contributed by atoms with Gasteiger partial charge >= 0.3 is 0 Å². The number of carbonyl (C=O) groups excluding carboxylic acids is 1. The van der Waals surface area contributed by atoms with Gasteiger partial charge in [0.2, 0.25) is 5.91 Å². The lowest BCUT2D eigenvalue weighted by atomic mass is 9.92. The molecule has 0 aliphatic rings. The predicted octanol–water partition coefficient (Wildman–Crippen LogP) is 6.74. The van der Waals surface area contributed by atoms with E-state index < -0.39 is 0 Å². The zero-order chi connectivity index (χ0) is 27.1. The lowest BCUT2D eigenvalue weighted by molar-refractivity contribution is -0.117. The van der Waals surface area contributed by atoms with Crippen molar-refractivity contribution in [2.24, 2.45) is 5.41 Å². The fourth-order valence-corrected chi connectivity index (χ4v) is 4.57. The molecule has 4 heterocycles. The summed E-state index contributed by atoms with van der Waals surface area (Å²) in [5.41, 5.74) is 7.29. The molecular weight excluding hydrogens is 493 g/mol. The van der Waals surface area contributed by atoms with Crippen LogP contribution in [0.5, 0.6) is 0 Å². The number of fused-ring (bicyclic) bond motifs is 2. The van der Waals surface area contributed by atoms with Gasteiger partial charge in [-0.1, -0.05) is 45.0 Å². The smallest absolute Gasteiger partial charge is 0.224 e. The van der Waals surface area contributed by atoms with Crippen molar-refractivity contribution in [3.63, 3.8) is 0 Å². The number of nitrogens with zero attached hydrogens (tertiary/aromatic N) is 4. The Labute approximate surface area is 223 Å². The minimum atomic E-state index is -0.286. The van der Waals surface area contributed by atoms with Crippen molar-refractivity contribution < 1.29 is 9.18 Å². The van der Waals surface area contributed by atoms with E-state index in [4.69, 9.17) is 9.97 Å². The summed E-state index contributed by atoms with van der Waals surface area (Å²) in [4.78, 5) is 29.8. The number of hydrogen-bond donors (Lipinski definition) is 3. The van der Waals surface area contributed by atoms with E-state index in [-0.39, 0.29) is 17.1 Å². The molecule has 0 atom stereocenters. The zero-order valence-electron chi connectivity index (χ0n) is 21.7. The van der Waals surface area contributed by atoms with Crippen LogP contribution in [0.3, 0.4) is 0 Å². The van der Waals surface area contributed by atoms with Crippen molar-refractivity contribution in [3.05, 3.63) is 78.9 Å². The van der Waals surface area contributed by atoms with Crippen LogP contribution < -0.4 is 5.32 Å². The van der Waals surface area contributed by atoms with Gasteiger partial charge in [-0.15, -0.1) is 0 Å². The number of para-hydroxylation sites is 1. The molecule has 0 saturated carbocycles. The first kappa shape index (κ1) is 24.4. The second-order valence-electron chi connectivity index (χ2n) is 10.7. The molecule has 0 unspecified atom stereocenters. The van der Waals surface area contributed by atoms with Gasteiger partial charge in [-0.3, -0.25) is 14.9 Å². The molecule has 2 aromatic carbocycles. The molecular formula is C30H26FN7O. The minimum absolute atomic E-state index is 0.0631. The number of aromatic amines is 2. The highest BCUT2D eigenvalue weighted by Gasteiger charge is 2.18. The highest BCUT2D eigenvalue weighted by Crippen LogP contribution is 2.32. The Morgan fingerprint density at radius 3 is 2.54 bits per heavy atom. The molecule has 0 bridgehead atoms. The highest BCUT2D eigenvalue weighted by molar-refractivity contribution is 5.96. The molecule has 8 nitrogen and oxygen atoms in total.